The lowest BCUT2D eigenvalue weighted by Crippen LogP contribution is -2.50. The van der Waals surface area contributed by atoms with Gasteiger partial charge in [-0.3, -0.25) is 9.69 Å². The highest BCUT2D eigenvalue weighted by Gasteiger charge is 2.31. The first kappa shape index (κ1) is 16.4. The van der Waals surface area contributed by atoms with Crippen LogP contribution in [0.15, 0.2) is 24.3 Å². The Balaban J connectivity index is 1.27. The minimum Gasteiger partial charge on any atom is -0.454 e. The van der Waals surface area contributed by atoms with E-state index in [1.54, 1.807) is 6.08 Å². The SMILES string of the molecule is O=C(C=Cc1ccc2c(c1)OCO2)N1CCN(CC(O)C2CC2)CC1. The van der Waals surface area contributed by atoms with Gasteiger partial charge in [0, 0.05) is 38.8 Å². The zero-order valence-corrected chi connectivity index (χ0v) is 14.3. The number of ether oxygens (including phenoxy) is 2. The Morgan fingerprint density at radius 1 is 1.20 bits per heavy atom. The Morgan fingerprint density at radius 2 is 1.96 bits per heavy atom. The smallest absolute Gasteiger partial charge is 0.246 e. The molecule has 1 aromatic rings. The van der Waals surface area contributed by atoms with Crippen LogP contribution in [0, 0.1) is 5.92 Å². The van der Waals surface area contributed by atoms with Crippen LogP contribution >= 0.6 is 0 Å². The zero-order chi connectivity index (χ0) is 17.2. The van der Waals surface area contributed by atoms with Gasteiger partial charge in [-0.25, -0.2) is 0 Å². The fourth-order valence-electron chi connectivity index (χ4n) is 3.34. The number of hydrogen-bond donors (Lipinski definition) is 1. The molecule has 25 heavy (non-hydrogen) atoms. The minimum absolute atomic E-state index is 0.0278. The third-order valence-corrected chi connectivity index (χ3v) is 5.11. The number of benzene rings is 1. The molecular weight excluding hydrogens is 320 g/mol. The highest BCUT2D eigenvalue weighted by atomic mass is 16.7. The average Bonchev–Trinajstić information content (AvgIpc) is 3.38. The Hall–Kier alpha value is -2.05. The quantitative estimate of drug-likeness (QED) is 0.817. The maximum Gasteiger partial charge on any atom is 0.246 e. The number of amides is 1. The summed E-state index contributed by atoms with van der Waals surface area (Å²) in [6.45, 7) is 4.06. The number of aliphatic hydroxyl groups excluding tert-OH is 1. The first-order valence-corrected chi connectivity index (χ1v) is 8.96. The number of fused-ring (bicyclic) bond motifs is 1. The fourth-order valence-corrected chi connectivity index (χ4v) is 3.34. The number of piperazine rings is 1. The molecule has 1 aliphatic carbocycles. The maximum atomic E-state index is 12.4. The van der Waals surface area contributed by atoms with Crippen molar-refractivity contribution in [2.24, 2.45) is 5.92 Å². The predicted octanol–water partition coefficient (Wildman–Crippen LogP) is 1.34. The summed E-state index contributed by atoms with van der Waals surface area (Å²) < 4.78 is 10.6. The molecule has 134 valence electrons. The van der Waals surface area contributed by atoms with E-state index in [9.17, 15) is 9.90 Å². The van der Waals surface area contributed by atoms with E-state index in [0.29, 0.717) is 19.0 Å². The van der Waals surface area contributed by atoms with Crippen LogP contribution in [0.4, 0.5) is 0 Å². The molecule has 4 rings (SSSR count). The molecule has 2 aliphatic heterocycles. The Morgan fingerprint density at radius 3 is 2.72 bits per heavy atom. The molecule has 1 saturated carbocycles. The van der Waals surface area contributed by atoms with E-state index in [4.69, 9.17) is 9.47 Å². The second kappa shape index (κ2) is 7.06. The lowest BCUT2D eigenvalue weighted by atomic mass is 10.1. The third-order valence-electron chi connectivity index (χ3n) is 5.11. The van der Waals surface area contributed by atoms with E-state index < -0.39 is 0 Å². The van der Waals surface area contributed by atoms with Gasteiger partial charge in [0.15, 0.2) is 11.5 Å². The van der Waals surface area contributed by atoms with Crippen molar-refractivity contribution < 1.29 is 19.4 Å². The van der Waals surface area contributed by atoms with Crippen molar-refractivity contribution in [3.63, 3.8) is 0 Å². The molecule has 2 heterocycles. The summed E-state index contributed by atoms with van der Waals surface area (Å²) in [5.74, 6) is 2.00. The summed E-state index contributed by atoms with van der Waals surface area (Å²) in [7, 11) is 0. The normalized spacial score (nSPS) is 21.7. The molecule has 0 bridgehead atoms. The van der Waals surface area contributed by atoms with E-state index >= 15 is 0 Å². The van der Waals surface area contributed by atoms with Gasteiger partial charge in [0.2, 0.25) is 12.7 Å². The molecule has 6 heteroatoms. The molecule has 3 aliphatic rings. The molecule has 1 N–H and O–H groups in total. The molecule has 0 radical (unpaired) electrons. The predicted molar refractivity (Wildman–Crippen MR) is 93.3 cm³/mol. The van der Waals surface area contributed by atoms with E-state index in [1.165, 1.54) is 0 Å². The summed E-state index contributed by atoms with van der Waals surface area (Å²) in [4.78, 5) is 16.5. The van der Waals surface area contributed by atoms with Crippen LogP contribution < -0.4 is 9.47 Å². The summed E-state index contributed by atoms with van der Waals surface area (Å²) >= 11 is 0. The van der Waals surface area contributed by atoms with Crippen molar-refractivity contribution in [1.82, 2.24) is 9.80 Å². The van der Waals surface area contributed by atoms with Crippen molar-refractivity contribution in [1.29, 1.82) is 0 Å². The zero-order valence-electron chi connectivity index (χ0n) is 14.3. The molecule has 1 saturated heterocycles. The molecular formula is C19H24N2O4. The molecule has 2 fully saturated rings. The number of rotatable bonds is 5. The van der Waals surface area contributed by atoms with Crippen LogP contribution in [0.2, 0.25) is 0 Å². The van der Waals surface area contributed by atoms with Crippen LogP contribution in [-0.2, 0) is 4.79 Å². The number of aliphatic hydroxyl groups is 1. The van der Waals surface area contributed by atoms with Gasteiger partial charge in [-0.15, -0.1) is 0 Å². The number of nitrogens with zero attached hydrogens (tertiary/aromatic N) is 2. The minimum atomic E-state index is -0.201. The fraction of sp³-hybridized carbons (Fsp3) is 0.526. The van der Waals surface area contributed by atoms with Crippen molar-refractivity contribution in [2.45, 2.75) is 18.9 Å². The van der Waals surface area contributed by atoms with E-state index in [0.717, 1.165) is 49.5 Å². The number of hydrogen-bond acceptors (Lipinski definition) is 5. The molecule has 0 aromatic heterocycles. The van der Waals surface area contributed by atoms with E-state index in [1.807, 2.05) is 29.2 Å². The van der Waals surface area contributed by atoms with Gasteiger partial charge in [0.1, 0.15) is 0 Å². The topological polar surface area (TPSA) is 62.2 Å². The third kappa shape index (κ3) is 3.96. The van der Waals surface area contributed by atoms with E-state index in [2.05, 4.69) is 4.90 Å². The Labute approximate surface area is 147 Å². The summed E-state index contributed by atoms with van der Waals surface area (Å²) in [6, 6.07) is 5.65. The maximum absolute atomic E-state index is 12.4. The standard InChI is InChI=1S/C19H24N2O4/c22-16(15-3-4-15)12-20-7-9-21(10-8-20)19(23)6-2-14-1-5-17-18(11-14)25-13-24-17/h1-2,5-6,11,15-16,22H,3-4,7-10,12-13H2. The first-order chi connectivity index (χ1) is 12.2. The molecule has 6 nitrogen and oxygen atoms in total. The number of carbonyl (C=O) groups excluding carboxylic acids is 1. The lowest BCUT2D eigenvalue weighted by molar-refractivity contribution is -0.127. The van der Waals surface area contributed by atoms with Crippen molar-refractivity contribution in [2.75, 3.05) is 39.5 Å². The first-order valence-electron chi connectivity index (χ1n) is 8.96. The van der Waals surface area contributed by atoms with Gasteiger partial charge in [-0.05, 0) is 42.5 Å². The summed E-state index contributed by atoms with van der Waals surface area (Å²) in [6.07, 6.45) is 5.54. The molecule has 1 aromatic carbocycles. The highest BCUT2D eigenvalue weighted by molar-refractivity contribution is 5.92. The summed E-state index contributed by atoms with van der Waals surface area (Å²) in [5.41, 5.74) is 0.920. The van der Waals surface area contributed by atoms with Crippen molar-refractivity contribution in [3.05, 3.63) is 29.8 Å². The van der Waals surface area contributed by atoms with Crippen LogP contribution in [0.1, 0.15) is 18.4 Å². The molecule has 1 amide bonds. The summed E-state index contributed by atoms with van der Waals surface area (Å²) in [5, 5.41) is 10.0. The van der Waals surface area contributed by atoms with Gasteiger partial charge in [-0.1, -0.05) is 6.07 Å². The average molecular weight is 344 g/mol. The Bertz CT molecular complexity index is 663. The highest BCUT2D eigenvalue weighted by Crippen LogP contribution is 2.33. The largest absolute Gasteiger partial charge is 0.454 e. The van der Waals surface area contributed by atoms with Crippen molar-refractivity contribution in [3.8, 4) is 11.5 Å². The Kier molecular flexibility index (Phi) is 4.63. The second-order valence-electron chi connectivity index (χ2n) is 6.98. The second-order valence-corrected chi connectivity index (χ2v) is 6.98. The van der Waals surface area contributed by atoms with Crippen LogP contribution in [-0.4, -0.2) is 66.4 Å². The lowest BCUT2D eigenvalue weighted by Gasteiger charge is -2.35. The molecule has 0 spiro atoms. The van der Waals surface area contributed by atoms with E-state index in [-0.39, 0.29) is 18.8 Å². The monoisotopic (exact) mass is 344 g/mol. The van der Waals surface area contributed by atoms with Gasteiger partial charge in [0.25, 0.3) is 0 Å². The van der Waals surface area contributed by atoms with Crippen LogP contribution in [0.5, 0.6) is 11.5 Å². The van der Waals surface area contributed by atoms with Gasteiger partial charge in [0.05, 0.1) is 6.10 Å². The van der Waals surface area contributed by atoms with Gasteiger partial charge < -0.3 is 19.5 Å². The van der Waals surface area contributed by atoms with Crippen molar-refractivity contribution >= 4 is 12.0 Å². The van der Waals surface area contributed by atoms with Gasteiger partial charge >= 0.3 is 0 Å². The number of carbonyl (C=O) groups is 1. The number of β-amino-alcohol motifs (C(OH)–C–C–N with tert-alkyl or cyclic N) is 1. The molecule has 1 atom stereocenters. The molecule has 1 unspecified atom stereocenters. The van der Waals surface area contributed by atoms with Gasteiger partial charge in [-0.2, -0.15) is 0 Å². The van der Waals surface area contributed by atoms with Crippen LogP contribution in [0.3, 0.4) is 0 Å². The van der Waals surface area contributed by atoms with Crippen LogP contribution in [0.25, 0.3) is 6.08 Å².